The summed E-state index contributed by atoms with van der Waals surface area (Å²) in [5, 5.41) is 3.99. The van der Waals surface area contributed by atoms with Crippen molar-refractivity contribution >= 4 is 39.6 Å². The van der Waals surface area contributed by atoms with Gasteiger partial charge in [0.25, 0.3) is 0 Å². The maximum atomic E-state index is 12.4. The van der Waals surface area contributed by atoms with Gasteiger partial charge in [-0.25, -0.2) is 5.43 Å². The minimum atomic E-state index is -0.446. The summed E-state index contributed by atoms with van der Waals surface area (Å²) in [6.45, 7) is 0.332. The Balaban J connectivity index is 1.60. The molecule has 146 valence electrons. The van der Waals surface area contributed by atoms with Crippen molar-refractivity contribution in [1.29, 1.82) is 0 Å². The highest BCUT2D eigenvalue weighted by atomic mass is 79.9. The number of nitrogens with one attached hydrogen (secondary N) is 1. The second kappa shape index (κ2) is 8.88. The van der Waals surface area contributed by atoms with E-state index >= 15 is 0 Å². The van der Waals surface area contributed by atoms with Crippen molar-refractivity contribution in [1.82, 2.24) is 5.43 Å². The van der Waals surface area contributed by atoms with Crippen molar-refractivity contribution in [3.8, 4) is 11.5 Å². The van der Waals surface area contributed by atoms with Crippen LogP contribution in [0.3, 0.4) is 0 Å². The van der Waals surface area contributed by atoms with E-state index < -0.39 is 5.92 Å². The van der Waals surface area contributed by atoms with Gasteiger partial charge in [0, 0.05) is 23.1 Å². The summed E-state index contributed by atoms with van der Waals surface area (Å²) < 4.78 is 11.4. The van der Waals surface area contributed by atoms with E-state index in [0.717, 1.165) is 15.7 Å². The molecule has 2 amide bonds. The molecule has 0 saturated carbocycles. The average Bonchev–Trinajstić information content (AvgIpc) is 3.10. The molecule has 1 saturated heterocycles. The number of nitrogens with zero attached hydrogens (tertiary/aromatic N) is 2. The first kappa shape index (κ1) is 19.9. The molecular formula is C20H20BrN3O4. The van der Waals surface area contributed by atoms with Crippen LogP contribution in [0.5, 0.6) is 11.5 Å². The normalized spacial score (nSPS) is 16.5. The van der Waals surface area contributed by atoms with Crippen molar-refractivity contribution in [2.45, 2.75) is 6.42 Å². The number of rotatable bonds is 6. The van der Waals surface area contributed by atoms with E-state index in [1.807, 2.05) is 24.3 Å². The number of hydrogen-bond donors (Lipinski definition) is 1. The molecule has 2 aromatic rings. The summed E-state index contributed by atoms with van der Waals surface area (Å²) >= 11 is 3.37. The first-order valence-electron chi connectivity index (χ1n) is 8.62. The maximum absolute atomic E-state index is 12.4. The van der Waals surface area contributed by atoms with Crippen LogP contribution in [0.1, 0.15) is 12.0 Å². The maximum Gasteiger partial charge on any atom is 0.245 e. The molecule has 0 bridgehead atoms. The lowest BCUT2D eigenvalue weighted by Gasteiger charge is -2.16. The van der Waals surface area contributed by atoms with E-state index in [1.165, 1.54) is 6.21 Å². The van der Waals surface area contributed by atoms with Crippen molar-refractivity contribution in [3.63, 3.8) is 0 Å². The number of methoxy groups -OCH3 is 2. The molecule has 8 heteroatoms. The fourth-order valence-corrected chi connectivity index (χ4v) is 3.21. The third-order valence-corrected chi connectivity index (χ3v) is 4.96. The second-order valence-corrected chi connectivity index (χ2v) is 7.15. The zero-order valence-corrected chi connectivity index (χ0v) is 17.1. The Bertz CT molecular complexity index is 899. The molecule has 0 radical (unpaired) electrons. The lowest BCUT2D eigenvalue weighted by Crippen LogP contribution is -2.30. The minimum Gasteiger partial charge on any atom is -0.493 e. The molecule has 0 aliphatic carbocycles. The molecule has 1 fully saturated rings. The number of carbonyl (C=O) groups excluding carboxylic acids is 2. The average molecular weight is 446 g/mol. The first-order valence-corrected chi connectivity index (χ1v) is 9.42. The molecular weight excluding hydrogens is 426 g/mol. The van der Waals surface area contributed by atoms with Gasteiger partial charge in [0.15, 0.2) is 11.5 Å². The molecule has 1 aliphatic rings. The Morgan fingerprint density at radius 2 is 1.89 bits per heavy atom. The Morgan fingerprint density at radius 3 is 2.57 bits per heavy atom. The van der Waals surface area contributed by atoms with Gasteiger partial charge in [0.05, 0.1) is 26.4 Å². The smallest absolute Gasteiger partial charge is 0.245 e. The number of anilines is 1. The summed E-state index contributed by atoms with van der Waals surface area (Å²) in [6.07, 6.45) is 1.68. The number of amides is 2. The minimum absolute atomic E-state index is 0.0775. The molecule has 0 unspecified atom stereocenters. The fourth-order valence-electron chi connectivity index (χ4n) is 2.95. The molecule has 2 aromatic carbocycles. The molecule has 0 aromatic heterocycles. The van der Waals surface area contributed by atoms with Gasteiger partial charge < -0.3 is 14.4 Å². The van der Waals surface area contributed by atoms with Gasteiger partial charge in [-0.05, 0) is 48.0 Å². The zero-order valence-electron chi connectivity index (χ0n) is 15.5. The van der Waals surface area contributed by atoms with Crippen LogP contribution >= 0.6 is 15.9 Å². The van der Waals surface area contributed by atoms with E-state index in [9.17, 15) is 9.59 Å². The van der Waals surface area contributed by atoms with E-state index in [-0.39, 0.29) is 18.2 Å². The topological polar surface area (TPSA) is 80.2 Å². The van der Waals surface area contributed by atoms with Gasteiger partial charge in [0.2, 0.25) is 11.8 Å². The number of hydrogen-bond acceptors (Lipinski definition) is 5. The van der Waals surface area contributed by atoms with Crippen LogP contribution in [-0.4, -0.2) is 38.8 Å². The van der Waals surface area contributed by atoms with Crippen LogP contribution in [0.25, 0.3) is 0 Å². The number of hydrazone groups is 1. The quantitative estimate of drug-likeness (QED) is 0.547. The van der Waals surface area contributed by atoms with Gasteiger partial charge in [-0.3, -0.25) is 9.59 Å². The van der Waals surface area contributed by atoms with E-state index in [1.54, 1.807) is 37.3 Å². The summed E-state index contributed by atoms with van der Waals surface area (Å²) in [5.74, 6) is 0.375. The molecule has 3 rings (SSSR count). The van der Waals surface area contributed by atoms with Gasteiger partial charge >= 0.3 is 0 Å². The molecule has 1 N–H and O–H groups in total. The monoisotopic (exact) mass is 445 g/mol. The second-order valence-electron chi connectivity index (χ2n) is 6.23. The molecule has 28 heavy (non-hydrogen) atoms. The summed E-state index contributed by atoms with van der Waals surface area (Å²) in [6, 6.07) is 12.7. The van der Waals surface area contributed by atoms with Gasteiger partial charge in [-0.1, -0.05) is 15.9 Å². The largest absolute Gasteiger partial charge is 0.493 e. The number of benzene rings is 2. The molecule has 0 spiro atoms. The number of halogens is 1. The SMILES string of the molecule is COc1ccc(/C=N\NC(=O)[C@@H]2CC(=O)N(c3ccc(Br)cc3)C2)cc1OC. The Hall–Kier alpha value is -2.87. The van der Waals surface area contributed by atoms with Crippen LogP contribution in [0.15, 0.2) is 52.0 Å². The van der Waals surface area contributed by atoms with Gasteiger partial charge in [-0.15, -0.1) is 0 Å². The van der Waals surface area contributed by atoms with E-state index in [2.05, 4.69) is 26.5 Å². The summed E-state index contributed by atoms with van der Waals surface area (Å²) in [7, 11) is 3.11. The van der Waals surface area contributed by atoms with Crippen LogP contribution in [0.4, 0.5) is 5.69 Å². The Labute approximate surface area is 171 Å². The lowest BCUT2D eigenvalue weighted by atomic mass is 10.1. The standard InChI is InChI=1S/C20H20BrN3O4/c1-27-17-8-3-13(9-18(17)28-2)11-22-23-20(26)14-10-19(25)24(12-14)16-6-4-15(21)5-7-16/h3-9,11,14H,10,12H2,1-2H3,(H,23,26)/b22-11-/t14-/m1/s1. The fraction of sp³-hybridized carbons (Fsp3) is 0.250. The van der Waals surface area contributed by atoms with Gasteiger partial charge in [-0.2, -0.15) is 5.10 Å². The molecule has 1 atom stereocenters. The van der Waals surface area contributed by atoms with Crippen LogP contribution in [0.2, 0.25) is 0 Å². The summed E-state index contributed by atoms with van der Waals surface area (Å²) in [4.78, 5) is 26.3. The van der Waals surface area contributed by atoms with E-state index in [4.69, 9.17) is 9.47 Å². The van der Waals surface area contributed by atoms with Crippen LogP contribution in [-0.2, 0) is 9.59 Å². The molecule has 1 heterocycles. The predicted octanol–water partition coefficient (Wildman–Crippen LogP) is 2.97. The van der Waals surface area contributed by atoms with Crippen molar-refractivity contribution in [3.05, 3.63) is 52.5 Å². The van der Waals surface area contributed by atoms with Crippen LogP contribution in [0, 0.1) is 5.92 Å². The van der Waals surface area contributed by atoms with Crippen molar-refractivity contribution in [2.75, 3.05) is 25.7 Å². The number of ether oxygens (including phenoxy) is 2. The Kier molecular flexibility index (Phi) is 6.30. The van der Waals surface area contributed by atoms with Gasteiger partial charge in [0.1, 0.15) is 0 Å². The van der Waals surface area contributed by atoms with Crippen molar-refractivity contribution in [2.24, 2.45) is 11.0 Å². The lowest BCUT2D eigenvalue weighted by molar-refractivity contribution is -0.126. The third-order valence-electron chi connectivity index (χ3n) is 4.43. The first-order chi connectivity index (χ1) is 13.5. The third kappa shape index (κ3) is 4.51. The van der Waals surface area contributed by atoms with E-state index in [0.29, 0.717) is 18.0 Å². The van der Waals surface area contributed by atoms with Crippen LogP contribution < -0.4 is 19.8 Å². The van der Waals surface area contributed by atoms with Crippen molar-refractivity contribution < 1.29 is 19.1 Å². The Morgan fingerprint density at radius 1 is 1.18 bits per heavy atom. The highest BCUT2D eigenvalue weighted by Crippen LogP contribution is 2.27. The molecule has 1 aliphatic heterocycles. The summed E-state index contributed by atoms with van der Waals surface area (Å²) in [5.41, 5.74) is 4.04. The highest BCUT2D eigenvalue weighted by Gasteiger charge is 2.35. The zero-order chi connectivity index (χ0) is 20.1. The highest BCUT2D eigenvalue weighted by molar-refractivity contribution is 9.10. The predicted molar refractivity (Wildman–Crippen MR) is 110 cm³/mol. The number of carbonyl (C=O) groups is 2. The molecule has 7 nitrogen and oxygen atoms in total.